The minimum absolute atomic E-state index is 0.0840. The number of nitrogens with one attached hydrogen (secondary N) is 1. The van der Waals surface area contributed by atoms with E-state index in [0.717, 1.165) is 18.5 Å². The van der Waals surface area contributed by atoms with Gasteiger partial charge in [0.2, 0.25) is 0 Å². The molecule has 0 radical (unpaired) electrons. The molecule has 1 rings (SSSR count). The van der Waals surface area contributed by atoms with E-state index >= 15 is 0 Å². The predicted octanol–water partition coefficient (Wildman–Crippen LogP) is 2.86. The molecule has 1 N–H and O–H groups in total. The van der Waals surface area contributed by atoms with Crippen LogP contribution in [0.3, 0.4) is 0 Å². The van der Waals surface area contributed by atoms with E-state index in [1.54, 1.807) is 6.07 Å². The maximum atomic E-state index is 13.4. The Hall–Kier alpha value is -0.890. The molecule has 0 aromatic heterocycles. The van der Waals surface area contributed by atoms with E-state index in [1.807, 2.05) is 19.2 Å². The van der Waals surface area contributed by atoms with Gasteiger partial charge in [-0.15, -0.1) is 0 Å². The molecule has 0 aliphatic carbocycles. The summed E-state index contributed by atoms with van der Waals surface area (Å²) in [7, 11) is 1.94. The molecule has 0 spiro atoms. The van der Waals surface area contributed by atoms with Gasteiger partial charge in [0.15, 0.2) is 0 Å². The van der Waals surface area contributed by atoms with Crippen molar-refractivity contribution in [2.45, 2.75) is 20.3 Å². The van der Waals surface area contributed by atoms with Crippen LogP contribution in [0, 0.1) is 17.7 Å². The van der Waals surface area contributed by atoms with Crippen molar-refractivity contribution >= 4 is 0 Å². The molecule has 15 heavy (non-hydrogen) atoms. The minimum atomic E-state index is -0.0840. The van der Waals surface area contributed by atoms with Crippen molar-refractivity contribution in [2.24, 2.45) is 11.8 Å². The molecule has 1 nitrogen and oxygen atoms in total. The summed E-state index contributed by atoms with van der Waals surface area (Å²) in [5, 5.41) is 3.17. The summed E-state index contributed by atoms with van der Waals surface area (Å²) in [6.45, 7) is 5.30. The Morgan fingerprint density at radius 3 is 2.47 bits per heavy atom. The zero-order chi connectivity index (χ0) is 11.3. The highest BCUT2D eigenvalue weighted by Crippen LogP contribution is 2.18. The first-order valence-electron chi connectivity index (χ1n) is 5.53. The summed E-state index contributed by atoms with van der Waals surface area (Å²) >= 11 is 0. The first-order chi connectivity index (χ1) is 7.15. The zero-order valence-electron chi connectivity index (χ0n) is 9.76. The van der Waals surface area contributed by atoms with Gasteiger partial charge in [-0.05, 0) is 43.5 Å². The van der Waals surface area contributed by atoms with E-state index < -0.39 is 0 Å². The molecular weight excluding hydrogens is 189 g/mol. The summed E-state index contributed by atoms with van der Waals surface area (Å²) in [6, 6.07) is 7.04. The second kappa shape index (κ2) is 5.86. The molecule has 0 aliphatic heterocycles. The number of hydrogen-bond acceptors (Lipinski definition) is 1. The van der Waals surface area contributed by atoms with E-state index in [0.29, 0.717) is 11.8 Å². The molecule has 1 aromatic carbocycles. The first-order valence-corrected chi connectivity index (χ1v) is 5.53. The molecule has 0 saturated carbocycles. The lowest BCUT2D eigenvalue weighted by atomic mass is 9.89. The van der Waals surface area contributed by atoms with Gasteiger partial charge in [0.1, 0.15) is 5.82 Å². The largest absolute Gasteiger partial charge is 0.319 e. The van der Waals surface area contributed by atoms with Crippen molar-refractivity contribution in [3.63, 3.8) is 0 Å². The molecule has 2 heteroatoms. The molecule has 0 saturated heterocycles. The third-order valence-electron chi connectivity index (χ3n) is 2.85. The predicted molar refractivity (Wildman–Crippen MR) is 62.4 cm³/mol. The van der Waals surface area contributed by atoms with Crippen LogP contribution in [0.15, 0.2) is 24.3 Å². The van der Waals surface area contributed by atoms with Gasteiger partial charge in [-0.3, -0.25) is 0 Å². The second-order valence-corrected chi connectivity index (χ2v) is 4.36. The lowest BCUT2D eigenvalue weighted by molar-refractivity contribution is 0.366. The standard InChI is InChI=1S/C13H20FN/c1-10(2)12(9-15-3)8-11-6-4-5-7-13(11)14/h4-7,10,12,15H,8-9H2,1-3H3. The van der Waals surface area contributed by atoms with Crippen molar-refractivity contribution < 1.29 is 4.39 Å². The van der Waals surface area contributed by atoms with Crippen LogP contribution in [0.4, 0.5) is 4.39 Å². The molecule has 0 fully saturated rings. The number of halogens is 1. The summed E-state index contributed by atoms with van der Waals surface area (Å²) in [6.07, 6.45) is 0.811. The van der Waals surface area contributed by atoms with Gasteiger partial charge in [-0.2, -0.15) is 0 Å². The molecule has 0 amide bonds. The van der Waals surface area contributed by atoms with Crippen LogP contribution in [0.5, 0.6) is 0 Å². The maximum absolute atomic E-state index is 13.4. The molecular formula is C13H20FN. The Balaban J connectivity index is 2.69. The molecule has 1 atom stereocenters. The van der Waals surface area contributed by atoms with E-state index in [1.165, 1.54) is 6.07 Å². The van der Waals surface area contributed by atoms with Crippen LogP contribution in [0.1, 0.15) is 19.4 Å². The van der Waals surface area contributed by atoms with E-state index in [4.69, 9.17) is 0 Å². The minimum Gasteiger partial charge on any atom is -0.319 e. The van der Waals surface area contributed by atoms with Gasteiger partial charge in [0.05, 0.1) is 0 Å². The van der Waals surface area contributed by atoms with Gasteiger partial charge in [0.25, 0.3) is 0 Å². The molecule has 1 aromatic rings. The van der Waals surface area contributed by atoms with Gasteiger partial charge in [-0.25, -0.2) is 4.39 Å². The van der Waals surface area contributed by atoms with Crippen molar-refractivity contribution in [1.82, 2.24) is 5.32 Å². The van der Waals surface area contributed by atoms with Crippen LogP contribution < -0.4 is 5.32 Å². The number of hydrogen-bond donors (Lipinski definition) is 1. The normalized spacial score (nSPS) is 13.1. The maximum Gasteiger partial charge on any atom is 0.126 e. The quantitative estimate of drug-likeness (QED) is 0.786. The highest BCUT2D eigenvalue weighted by molar-refractivity contribution is 5.18. The average molecular weight is 209 g/mol. The second-order valence-electron chi connectivity index (χ2n) is 4.36. The van der Waals surface area contributed by atoms with Crippen LogP contribution >= 0.6 is 0 Å². The van der Waals surface area contributed by atoms with Gasteiger partial charge >= 0.3 is 0 Å². The summed E-state index contributed by atoms with van der Waals surface area (Å²) in [4.78, 5) is 0. The lowest BCUT2D eigenvalue weighted by Gasteiger charge is -2.20. The van der Waals surface area contributed by atoms with Gasteiger partial charge in [-0.1, -0.05) is 32.0 Å². The number of rotatable bonds is 5. The summed E-state index contributed by atoms with van der Waals surface area (Å²) in [5.41, 5.74) is 0.825. The Kier molecular flexibility index (Phi) is 4.76. The molecule has 0 heterocycles. The third-order valence-corrected chi connectivity index (χ3v) is 2.85. The van der Waals surface area contributed by atoms with Crippen LogP contribution in [0.2, 0.25) is 0 Å². The van der Waals surface area contributed by atoms with Crippen molar-refractivity contribution in [3.8, 4) is 0 Å². The van der Waals surface area contributed by atoms with E-state index in [9.17, 15) is 4.39 Å². The Morgan fingerprint density at radius 1 is 1.27 bits per heavy atom. The van der Waals surface area contributed by atoms with Crippen LogP contribution in [-0.4, -0.2) is 13.6 Å². The first kappa shape index (κ1) is 12.2. The number of benzene rings is 1. The smallest absolute Gasteiger partial charge is 0.126 e. The van der Waals surface area contributed by atoms with Crippen molar-refractivity contribution in [2.75, 3.05) is 13.6 Å². The van der Waals surface area contributed by atoms with Crippen molar-refractivity contribution in [1.29, 1.82) is 0 Å². The molecule has 0 bridgehead atoms. The Bertz CT molecular complexity index is 296. The van der Waals surface area contributed by atoms with E-state index in [-0.39, 0.29) is 5.82 Å². The zero-order valence-corrected chi connectivity index (χ0v) is 9.76. The van der Waals surface area contributed by atoms with Crippen LogP contribution in [0.25, 0.3) is 0 Å². The highest BCUT2D eigenvalue weighted by atomic mass is 19.1. The molecule has 84 valence electrons. The molecule has 1 unspecified atom stereocenters. The fourth-order valence-electron chi connectivity index (χ4n) is 1.75. The van der Waals surface area contributed by atoms with Crippen molar-refractivity contribution in [3.05, 3.63) is 35.6 Å². The third kappa shape index (κ3) is 3.63. The Morgan fingerprint density at radius 2 is 1.93 bits per heavy atom. The van der Waals surface area contributed by atoms with E-state index in [2.05, 4.69) is 19.2 Å². The van der Waals surface area contributed by atoms with Gasteiger partial charge in [0, 0.05) is 0 Å². The fraction of sp³-hybridized carbons (Fsp3) is 0.538. The monoisotopic (exact) mass is 209 g/mol. The van der Waals surface area contributed by atoms with Gasteiger partial charge < -0.3 is 5.32 Å². The fourth-order valence-corrected chi connectivity index (χ4v) is 1.75. The topological polar surface area (TPSA) is 12.0 Å². The Labute approximate surface area is 91.7 Å². The SMILES string of the molecule is CNCC(Cc1ccccc1F)C(C)C. The highest BCUT2D eigenvalue weighted by Gasteiger charge is 2.14. The molecule has 0 aliphatic rings. The summed E-state index contributed by atoms with van der Waals surface area (Å²) in [5.74, 6) is 0.975. The van der Waals surface area contributed by atoms with Crippen LogP contribution in [-0.2, 0) is 6.42 Å². The summed E-state index contributed by atoms with van der Waals surface area (Å²) < 4.78 is 13.4. The average Bonchev–Trinajstić information content (AvgIpc) is 2.20. The lowest BCUT2D eigenvalue weighted by Crippen LogP contribution is -2.25.